The molecule has 148 valence electrons. The molecule has 0 amide bonds. The average Bonchev–Trinajstić information content (AvgIpc) is 2.66. The number of para-hydroxylation sites is 1. The first-order chi connectivity index (χ1) is 12.8. The maximum Gasteiger partial charge on any atom is 0.115 e. The molecule has 0 aliphatic carbocycles. The molecule has 0 saturated carbocycles. The van der Waals surface area contributed by atoms with Crippen LogP contribution in [0.5, 0.6) is 5.75 Å². The van der Waals surface area contributed by atoms with Gasteiger partial charge in [0.25, 0.3) is 0 Å². The van der Waals surface area contributed by atoms with Crippen LogP contribution in [0.3, 0.4) is 0 Å². The van der Waals surface area contributed by atoms with Gasteiger partial charge < -0.3 is 5.11 Å². The van der Waals surface area contributed by atoms with Crippen molar-refractivity contribution >= 4 is 44.2 Å². The number of benzene rings is 1. The number of hydrogen-bond donors (Lipinski definition) is 1. The molecular weight excluding hydrogens is 442 g/mol. The van der Waals surface area contributed by atoms with Crippen LogP contribution in [-0.4, -0.2) is 49.3 Å². The topological polar surface area (TPSA) is 20.2 Å². The van der Waals surface area contributed by atoms with E-state index in [1.54, 1.807) is 51.7 Å². The zero-order chi connectivity index (χ0) is 19.1. The molecule has 0 unspecified atom stereocenters. The zero-order valence-electron chi connectivity index (χ0n) is 17.9. The minimum atomic E-state index is -0.376. The summed E-state index contributed by atoms with van der Waals surface area (Å²) in [6.45, 7) is 4.61. The molecule has 0 aliphatic rings. The van der Waals surface area contributed by atoms with E-state index in [2.05, 4.69) is 13.8 Å². The minimum Gasteiger partial charge on any atom is -0.508 e. The van der Waals surface area contributed by atoms with Crippen molar-refractivity contribution in [3.8, 4) is 5.75 Å². The first kappa shape index (κ1) is 26.6. The number of hydrogen-bond acceptors (Lipinski definition) is 1. The van der Waals surface area contributed by atoms with Gasteiger partial charge in [-0.3, -0.25) is 0 Å². The van der Waals surface area contributed by atoms with Gasteiger partial charge in [-0.15, -0.1) is 0 Å². The van der Waals surface area contributed by atoms with Crippen LogP contribution in [0, 0.1) is 0 Å². The molecule has 1 nitrogen and oxygen atoms in total. The van der Waals surface area contributed by atoms with E-state index in [4.69, 9.17) is 5.11 Å². The van der Waals surface area contributed by atoms with Crippen LogP contribution in [0.15, 0.2) is 30.3 Å². The first-order valence-corrected chi connectivity index (χ1v) is 17.8. The van der Waals surface area contributed by atoms with Crippen molar-refractivity contribution in [1.29, 1.82) is 0 Å². The Morgan fingerprint density at radius 1 is 0.577 bits per heavy atom. The fourth-order valence-corrected chi connectivity index (χ4v) is 8.78. The van der Waals surface area contributed by atoms with E-state index in [1.807, 2.05) is 6.07 Å². The van der Waals surface area contributed by atoms with Crippen molar-refractivity contribution in [3.63, 3.8) is 0 Å². The second-order valence-corrected chi connectivity index (χ2v) is 14.3. The zero-order valence-corrected chi connectivity index (χ0v) is 22.3. The van der Waals surface area contributed by atoms with Gasteiger partial charge in [0.15, 0.2) is 0 Å². The van der Waals surface area contributed by atoms with Gasteiger partial charge in [0.1, 0.15) is 5.75 Å². The largest absolute Gasteiger partial charge is 0.508 e. The molecule has 0 bridgehead atoms. The summed E-state index contributed by atoms with van der Waals surface area (Å²) in [5.41, 5.74) is 0. The predicted octanol–water partition coefficient (Wildman–Crippen LogP) is 8.42. The molecule has 0 aromatic heterocycles. The van der Waals surface area contributed by atoms with E-state index in [1.165, 1.54) is 64.2 Å². The molecule has 0 heterocycles. The average molecular weight is 486 g/mol. The Hall–Kier alpha value is 0.591. The fraction of sp³-hybridized carbons (Fsp3) is 0.750. The summed E-state index contributed by atoms with van der Waals surface area (Å²) >= 11 is -0.376. The number of unbranched alkanes of at least 4 members (excludes halogenated alkanes) is 12. The Bertz CT molecular complexity index is 336. The SMILES string of the molecule is CCCCCCCC[CH2][Ba][CH2]CCCCCCCC.Oc1ccccc1. The van der Waals surface area contributed by atoms with Gasteiger partial charge in [-0.1, -0.05) is 18.2 Å². The van der Waals surface area contributed by atoms with Crippen LogP contribution in [0.1, 0.15) is 104 Å². The normalized spacial score (nSPS) is 10.1. The van der Waals surface area contributed by atoms with E-state index in [0.717, 1.165) is 0 Å². The van der Waals surface area contributed by atoms with Gasteiger partial charge in [0.2, 0.25) is 0 Å². The van der Waals surface area contributed by atoms with E-state index >= 15 is 0 Å². The van der Waals surface area contributed by atoms with Crippen LogP contribution < -0.4 is 0 Å². The van der Waals surface area contributed by atoms with E-state index in [9.17, 15) is 0 Å². The van der Waals surface area contributed by atoms with Crippen LogP contribution in [0.4, 0.5) is 0 Å². The smallest absolute Gasteiger partial charge is 0.115 e. The third kappa shape index (κ3) is 22.6. The van der Waals surface area contributed by atoms with Crippen LogP contribution >= 0.6 is 0 Å². The molecule has 1 rings (SSSR count). The van der Waals surface area contributed by atoms with Gasteiger partial charge in [0.05, 0.1) is 0 Å². The van der Waals surface area contributed by atoms with Crippen molar-refractivity contribution in [2.45, 2.75) is 106 Å². The monoisotopic (exact) mass is 486 g/mol. The summed E-state index contributed by atoms with van der Waals surface area (Å²) < 4.78 is 3.42. The second kappa shape index (κ2) is 23.6. The molecule has 0 radical (unpaired) electrons. The standard InChI is InChI=1S/2C9H19.C6H6O.Ba/c2*1-3-5-7-9-8-6-4-2;7-6-4-2-1-3-5-6;/h2*1,3-9H2,2H3;1-5,7H;. The predicted molar refractivity (Wildman–Crippen MR) is 119 cm³/mol. The third-order valence-electron chi connectivity index (χ3n) is 4.96. The van der Waals surface area contributed by atoms with Crippen LogP contribution in [0.2, 0.25) is 1.78 Å². The number of rotatable bonds is 16. The molecule has 0 fully saturated rings. The Morgan fingerprint density at radius 2 is 0.962 bits per heavy atom. The van der Waals surface area contributed by atoms with Gasteiger partial charge in [-0.25, -0.2) is 0 Å². The maximum absolute atomic E-state index is 8.63. The Kier molecular flexibility index (Phi) is 24.2. The summed E-state index contributed by atoms with van der Waals surface area (Å²) in [6.07, 6.45) is 21.0. The van der Waals surface area contributed by atoms with Crippen molar-refractivity contribution in [3.05, 3.63) is 30.3 Å². The van der Waals surface area contributed by atoms with Gasteiger partial charge in [-0.2, -0.15) is 0 Å². The van der Waals surface area contributed by atoms with Crippen LogP contribution in [-0.2, 0) is 0 Å². The summed E-state index contributed by atoms with van der Waals surface area (Å²) in [7, 11) is 0. The number of aromatic hydroxyl groups is 1. The van der Waals surface area contributed by atoms with Crippen molar-refractivity contribution < 1.29 is 5.11 Å². The number of phenolic OH excluding ortho intramolecular Hbond substituents is 1. The molecular formula is C24H44BaO. The Morgan fingerprint density at radius 3 is 1.31 bits per heavy atom. The maximum atomic E-state index is 8.63. The van der Waals surface area contributed by atoms with Crippen molar-refractivity contribution in [1.82, 2.24) is 0 Å². The van der Waals surface area contributed by atoms with Gasteiger partial charge in [-0.05, 0) is 12.1 Å². The fourth-order valence-electron chi connectivity index (χ4n) is 3.23. The van der Waals surface area contributed by atoms with Gasteiger partial charge in [0, 0.05) is 0 Å². The quantitative estimate of drug-likeness (QED) is 0.184. The summed E-state index contributed by atoms with van der Waals surface area (Å²) in [6, 6.07) is 8.71. The van der Waals surface area contributed by atoms with E-state index < -0.39 is 0 Å². The molecule has 1 N–H and O–H groups in total. The van der Waals surface area contributed by atoms with Crippen molar-refractivity contribution in [2.24, 2.45) is 0 Å². The molecule has 0 aliphatic heterocycles. The first-order valence-electron chi connectivity index (χ1n) is 11.5. The summed E-state index contributed by atoms with van der Waals surface area (Å²) in [4.78, 5) is 0. The minimum absolute atomic E-state index is 0.322. The molecule has 1 aromatic rings. The summed E-state index contributed by atoms with van der Waals surface area (Å²) in [5, 5.41) is 8.63. The molecule has 1 aromatic carbocycles. The molecule has 0 saturated heterocycles. The second-order valence-electron chi connectivity index (χ2n) is 7.64. The molecule has 26 heavy (non-hydrogen) atoms. The Balaban J connectivity index is 0.000000735. The summed E-state index contributed by atoms with van der Waals surface area (Å²) in [5.74, 6) is 0.322. The van der Waals surface area contributed by atoms with E-state index in [0.29, 0.717) is 5.75 Å². The van der Waals surface area contributed by atoms with E-state index in [-0.39, 0.29) is 44.2 Å². The Labute approximate surface area is 189 Å². The molecule has 0 spiro atoms. The number of phenols is 1. The van der Waals surface area contributed by atoms with Gasteiger partial charge >= 0.3 is 150 Å². The molecule has 0 atom stereocenters. The molecule has 2 heteroatoms. The van der Waals surface area contributed by atoms with Crippen LogP contribution in [0.25, 0.3) is 0 Å². The third-order valence-corrected chi connectivity index (χ3v) is 11.2. The van der Waals surface area contributed by atoms with Crippen molar-refractivity contribution in [2.75, 3.05) is 0 Å².